The molecule has 18 heavy (non-hydrogen) atoms. The van der Waals surface area contributed by atoms with E-state index in [9.17, 15) is 0 Å². The molecule has 2 rings (SSSR count). The Hall–Kier alpha value is -1.68. The zero-order chi connectivity index (χ0) is 13.1. The molecule has 0 fully saturated rings. The van der Waals surface area contributed by atoms with Crippen LogP contribution in [0.4, 0.5) is 0 Å². The Morgan fingerprint density at radius 3 is 2.50 bits per heavy atom. The molecule has 0 aromatic carbocycles. The van der Waals surface area contributed by atoms with Gasteiger partial charge in [-0.05, 0) is 25.5 Å². The number of imidazole rings is 1. The van der Waals surface area contributed by atoms with Crippen LogP contribution in [0.3, 0.4) is 0 Å². The molecule has 0 aliphatic carbocycles. The van der Waals surface area contributed by atoms with Gasteiger partial charge in [-0.1, -0.05) is 19.9 Å². The van der Waals surface area contributed by atoms with Crippen molar-refractivity contribution in [2.45, 2.75) is 40.3 Å². The minimum absolute atomic E-state index is 0.489. The number of pyridine rings is 1. The normalized spacial score (nSPS) is 11.2. The van der Waals surface area contributed by atoms with Crippen LogP contribution in [0, 0.1) is 13.8 Å². The number of rotatable bonds is 4. The van der Waals surface area contributed by atoms with Gasteiger partial charge in [0, 0.05) is 24.5 Å². The molecular weight excluding hydrogens is 224 g/mol. The van der Waals surface area contributed by atoms with E-state index in [0.29, 0.717) is 6.04 Å². The maximum atomic E-state index is 4.48. The van der Waals surface area contributed by atoms with E-state index < -0.39 is 0 Å². The Morgan fingerprint density at radius 2 is 2.00 bits per heavy atom. The predicted octanol–water partition coefficient (Wildman–Crippen LogP) is 2.38. The summed E-state index contributed by atoms with van der Waals surface area (Å²) < 4.78 is 2.01. The molecule has 0 atom stereocenters. The first kappa shape index (κ1) is 12.8. The fourth-order valence-corrected chi connectivity index (χ4v) is 1.72. The highest BCUT2D eigenvalue weighted by atomic mass is 15.1. The minimum Gasteiger partial charge on any atom is -0.310 e. The quantitative estimate of drug-likeness (QED) is 0.898. The Morgan fingerprint density at radius 1 is 1.22 bits per heavy atom. The van der Waals surface area contributed by atoms with Gasteiger partial charge in [-0.25, -0.2) is 9.97 Å². The predicted molar refractivity (Wildman–Crippen MR) is 72.8 cm³/mol. The van der Waals surface area contributed by atoms with Gasteiger partial charge < -0.3 is 5.32 Å². The van der Waals surface area contributed by atoms with Crippen molar-refractivity contribution in [1.29, 1.82) is 0 Å². The molecule has 0 unspecified atom stereocenters. The number of nitrogens with zero attached hydrogens (tertiary/aromatic N) is 3. The average molecular weight is 244 g/mol. The molecule has 0 saturated heterocycles. The number of nitrogens with one attached hydrogen (secondary N) is 1. The molecular formula is C14H20N4. The number of aryl methyl sites for hydroxylation is 1. The van der Waals surface area contributed by atoms with Gasteiger partial charge in [0.15, 0.2) is 0 Å². The number of hydrogen-bond acceptors (Lipinski definition) is 3. The molecule has 2 heterocycles. The lowest BCUT2D eigenvalue weighted by Crippen LogP contribution is -2.21. The van der Waals surface area contributed by atoms with Crippen molar-refractivity contribution in [1.82, 2.24) is 19.9 Å². The first-order chi connectivity index (χ1) is 8.58. The largest absolute Gasteiger partial charge is 0.310 e. The van der Waals surface area contributed by atoms with Crippen LogP contribution >= 0.6 is 0 Å². The summed E-state index contributed by atoms with van der Waals surface area (Å²) in [6.07, 6.45) is 3.73. The zero-order valence-electron chi connectivity index (χ0n) is 11.4. The first-order valence-electron chi connectivity index (χ1n) is 6.27. The lowest BCUT2D eigenvalue weighted by atomic mass is 10.2. The third kappa shape index (κ3) is 2.76. The average Bonchev–Trinajstić information content (AvgIpc) is 2.68. The van der Waals surface area contributed by atoms with Crippen molar-refractivity contribution in [3.05, 3.63) is 41.6 Å². The molecule has 0 radical (unpaired) electrons. The van der Waals surface area contributed by atoms with E-state index in [4.69, 9.17) is 0 Å². The van der Waals surface area contributed by atoms with Crippen LogP contribution < -0.4 is 5.32 Å². The highest BCUT2D eigenvalue weighted by Gasteiger charge is 2.05. The number of aromatic nitrogens is 3. The van der Waals surface area contributed by atoms with Gasteiger partial charge in [-0.15, -0.1) is 0 Å². The Kier molecular flexibility index (Phi) is 3.77. The van der Waals surface area contributed by atoms with Gasteiger partial charge in [-0.2, -0.15) is 0 Å². The molecule has 4 heteroatoms. The first-order valence-corrected chi connectivity index (χ1v) is 6.27. The van der Waals surface area contributed by atoms with Crippen molar-refractivity contribution in [3.8, 4) is 5.82 Å². The summed E-state index contributed by atoms with van der Waals surface area (Å²) in [5, 5.41) is 3.38. The summed E-state index contributed by atoms with van der Waals surface area (Å²) in [7, 11) is 0. The van der Waals surface area contributed by atoms with Gasteiger partial charge in [0.05, 0.1) is 5.69 Å². The molecule has 4 nitrogen and oxygen atoms in total. The topological polar surface area (TPSA) is 42.7 Å². The van der Waals surface area contributed by atoms with E-state index >= 15 is 0 Å². The molecule has 0 aliphatic rings. The monoisotopic (exact) mass is 244 g/mol. The number of hydrogen-bond donors (Lipinski definition) is 1. The van der Waals surface area contributed by atoms with Crippen molar-refractivity contribution in [3.63, 3.8) is 0 Å². The molecule has 0 bridgehead atoms. The molecule has 0 spiro atoms. The molecule has 0 saturated carbocycles. The summed E-state index contributed by atoms with van der Waals surface area (Å²) >= 11 is 0. The van der Waals surface area contributed by atoms with Crippen LogP contribution in [-0.4, -0.2) is 20.6 Å². The standard InChI is InChI=1S/C14H20N4/c1-10(2)15-7-13-5-6-14(16-8-13)18-9-17-11(3)12(18)4/h5-6,8-10,15H,7H2,1-4H3. The van der Waals surface area contributed by atoms with Crippen molar-refractivity contribution in [2.24, 2.45) is 0 Å². The van der Waals surface area contributed by atoms with Crippen LogP contribution in [0.2, 0.25) is 0 Å². The van der Waals surface area contributed by atoms with Crippen LogP contribution in [0.25, 0.3) is 5.82 Å². The molecule has 1 N–H and O–H groups in total. The summed E-state index contributed by atoms with van der Waals surface area (Å²) in [6.45, 7) is 9.19. The van der Waals surface area contributed by atoms with Crippen LogP contribution in [0.5, 0.6) is 0 Å². The van der Waals surface area contributed by atoms with Crippen molar-refractivity contribution < 1.29 is 0 Å². The van der Waals surface area contributed by atoms with E-state index in [0.717, 1.165) is 23.8 Å². The maximum absolute atomic E-state index is 4.48. The second-order valence-corrected chi connectivity index (χ2v) is 4.85. The lowest BCUT2D eigenvalue weighted by molar-refractivity contribution is 0.588. The van der Waals surface area contributed by atoms with Gasteiger partial charge in [0.25, 0.3) is 0 Å². The van der Waals surface area contributed by atoms with Crippen LogP contribution in [0.1, 0.15) is 30.8 Å². The van der Waals surface area contributed by atoms with Crippen molar-refractivity contribution in [2.75, 3.05) is 0 Å². The maximum Gasteiger partial charge on any atom is 0.138 e. The molecule has 0 aliphatic heterocycles. The highest BCUT2D eigenvalue weighted by Crippen LogP contribution is 2.11. The van der Waals surface area contributed by atoms with Gasteiger partial charge >= 0.3 is 0 Å². The van der Waals surface area contributed by atoms with Crippen molar-refractivity contribution >= 4 is 0 Å². The highest BCUT2D eigenvalue weighted by molar-refractivity contribution is 5.29. The summed E-state index contributed by atoms with van der Waals surface area (Å²) in [5.74, 6) is 0.918. The molecule has 2 aromatic heterocycles. The van der Waals surface area contributed by atoms with E-state index in [2.05, 4.69) is 42.1 Å². The second-order valence-electron chi connectivity index (χ2n) is 4.85. The minimum atomic E-state index is 0.489. The van der Waals surface area contributed by atoms with Gasteiger partial charge in [-0.3, -0.25) is 4.57 Å². The Balaban J connectivity index is 2.15. The zero-order valence-corrected chi connectivity index (χ0v) is 11.4. The fraction of sp³-hybridized carbons (Fsp3) is 0.429. The van der Waals surface area contributed by atoms with E-state index in [-0.39, 0.29) is 0 Å². The lowest BCUT2D eigenvalue weighted by Gasteiger charge is -2.09. The SMILES string of the molecule is Cc1ncn(-c2ccc(CNC(C)C)cn2)c1C. The third-order valence-corrected chi connectivity index (χ3v) is 3.02. The third-order valence-electron chi connectivity index (χ3n) is 3.02. The van der Waals surface area contributed by atoms with Gasteiger partial charge in [0.1, 0.15) is 12.1 Å². The second kappa shape index (κ2) is 5.31. The van der Waals surface area contributed by atoms with E-state index in [1.54, 1.807) is 0 Å². The molecule has 2 aromatic rings. The molecule has 0 amide bonds. The van der Waals surface area contributed by atoms with Crippen LogP contribution in [0.15, 0.2) is 24.7 Å². The van der Waals surface area contributed by atoms with E-state index in [1.165, 1.54) is 5.56 Å². The fourth-order valence-electron chi connectivity index (χ4n) is 1.72. The van der Waals surface area contributed by atoms with E-state index in [1.807, 2.05) is 30.1 Å². The Labute approximate surface area is 108 Å². The smallest absolute Gasteiger partial charge is 0.138 e. The van der Waals surface area contributed by atoms with Gasteiger partial charge in [0.2, 0.25) is 0 Å². The molecule has 96 valence electrons. The van der Waals surface area contributed by atoms with Crippen LogP contribution in [-0.2, 0) is 6.54 Å². The summed E-state index contributed by atoms with van der Waals surface area (Å²) in [6, 6.07) is 4.63. The summed E-state index contributed by atoms with van der Waals surface area (Å²) in [5.41, 5.74) is 3.37. The summed E-state index contributed by atoms with van der Waals surface area (Å²) in [4.78, 5) is 8.77. The Bertz CT molecular complexity index is 511.